The molecule has 14 heteroatoms. The lowest BCUT2D eigenvalue weighted by molar-refractivity contribution is -0.140. The fraction of sp³-hybridized carbons (Fsp3) is 0.158. The van der Waals surface area contributed by atoms with Crippen molar-refractivity contribution in [2.75, 3.05) is 23.8 Å². The Bertz CT molecular complexity index is 1170. The van der Waals surface area contributed by atoms with Gasteiger partial charge in [0.05, 0.1) is 17.2 Å². The van der Waals surface area contributed by atoms with E-state index >= 15 is 0 Å². The third kappa shape index (κ3) is 6.26. The summed E-state index contributed by atoms with van der Waals surface area (Å²) >= 11 is 18.3. The van der Waals surface area contributed by atoms with Crippen LogP contribution >= 0.6 is 59.1 Å². The van der Waals surface area contributed by atoms with Crippen molar-refractivity contribution in [2.45, 2.75) is 6.92 Å². The molecule has 0 bridgehead atoms. The van der Waals surface area contributed by atoms with Crippen LogP contribution in [0.1, 0.15) is 12.6 Å². The predicted molar refractivity (Wildman–Crippen MR) is 137 cm³/mol. The summed E-state index contributed by atoms with van der Waals surface area (Å²) in [4.78, 5) is 41.8. The first-order chi connectivity index (χ1) is 15.7. The number of nitrogens with zero attached hydrogens (tertiary/aromatic N) is 2. The van der Waals surface area contributed by atoms with E-state index < -0.39 is 24.4 Å². The Balaban J connectivity index is 1.85. The van der Waals surface area contributed by atoms with E-state index in [0.29, 0.717) is 15.8 Å². The number of thiazole rings is 1. The number of amides is 1. The number of carboxylic acids is 1. The number of hydrogen-bond donors (Lipinski definition) is 3. The second kappa shape index (κ2) is 11.0. The standard InChI is InChI=1S/C19H15ClN4O5S4/c1-2-29-16(28)13(14-15(27)24(7-12(25)26)19(31)33-14)11-8-32-18(22-11)23-17(30)21-10-5-3-9(20)4-6-10/h3-6,8H,2,7H2,1H3,(H,25,26)(H2,21,22,23,30)/b14-13+. The van der Waals surface area contributed by atoms with E-state index in [1.54, 1.807) is 36.6 Å². The maximum absolute atomic E-state index is 12.8. The topological polar surface area (TPSA) is 121 Å². The SMILES string of the molecule is CCOC(=O)/C(=C1/SC(=S)N(CC(=O)O)C1=O)c1csc(NC(=S)Nc2ccc(Cl)cc2)n1. The summed E-state index contributed by atoms with van der Waals surface area (Å²) in [6.07, 6.45) is 0. The normalized spacial score (nSPS) is 14.8. The zero-order chi connectivity index (χ0) is 24.1. The van der Waals surface area contributed by atoms with Crippen LogP contribution in [-0.4, -0.2) is 55.4 Å². The van der Waals surface area contributed by atoms with Crippen LogP contribution in [0.25, 0.3) is 5.57 Å². The number of thioether (sulfide) groups is 1. The van der Waals surface area contributed by atoms with Crippen molar-refractivity contribution in [3.63, 3.8) is 0 Å². The molecule has 1 aliphatic rings. The van der Waals surface area contributed by atoms with Gasteiger partial charge in [-0.15, -0.1) is 11.3 Å². The zero-order valence-corrected chi connectivity index (χ0v) is 20.8. The van der Waals surface area contributed by atoms with Crippen molar-refractivity contribution in [1.82, 2.24) is 9.88 Å². The van der Waals surface area contributed by atoms with E-state index in [9.17, 15) is 14.4 Å². The van der Waals surface area contributed by atoms with Crippen molar-refractivity contribution in [1.29, 1.82) is 0 Å². The second-order valence-electron chi connectivity index (χ2n) is 6.20. The molecule has 33 heavy (non-hydrogen) atoms. The molecule has 3 rings (SSSR count). The molecule has 0 aliphatic carbocycles. The molecule has 1 saturated heterocycles. The minimum absolute atomic E-state index is 0.0288. The highest BCUT2D eigenvalue weighted by molar-refractivity contribution is 8.26. The molecule has 172 valence electrons. The number of aliphatic carboxylic acids is 1. The molecule has 1 aromatic heterocycles. The first kappa shape index (κ1) is 25.1. The molecule has 0 atom stereocenters. The number of ether oxygens (including phenoxy) is 1. The number of hydrogen-bond acceptors (Lipinski definition) is 9. The number of anilines is 2. The number of benzene rings is 1. The minimum atomic E-state index is -1.23. The molecule has 2 aromatic rings. The highest BCUT2D eigenvalue weighted by atomic mass is 35.5. The van der Waals surface area contributed by atoms with Crippen LogP contribution in [0.2, 0.25) is 5.02 Å². The first-order valence-corrected chi connectivity index (χ1v) is 12.0. The Labute approximate surface area is 212 Å². The van der Waals surface area contributed by atoms with Crippen LogP contribution in [-0.2, 0) is 19.1 Å². The number of rotatable bonds is 7. The van der Waals surface area contributed by atoms with Gasteiger partial charge in [0.15, 0.2) is 10.2 Å². The third-order valence-corrected chi connectivity index (χ3v) is 6.59. The highest BCUT2D eigenvalue weighted by Crippen LogP contribution is 2.38. The lowest BCUT2D eigenvalue weighted by atomic mass is 10.2. The largest absolute Gasteiger partial charge is 0.480 e. The van der Waals surface area contributed by atoms with Gasteiger partial charge in [-0.3, -0.25) is 14.5 Å². The number of esters is 1. The summed E-state index contributed by atoms with van der Waals surface area (Å²) in [5.41, 5.74) is 0.789. The Hall–Kier alpha value is -2.58. The molecule has 9 nitrogen and oxygen atoms in total. The Morgan fingerprint density at radius 3 is 2.61 bits per heavy atom. The van der Waals surface area contributed by atoms with Crippen molar-refractivity contribution >= 4 is 103 Å². The van der Waals surface area contributed by atoms with Crippen LogP contribution in [0.4, 0.5) is 10.8 Å². The van der Waals surface area contributed by atoms with Crippen molar-refractivity contribution in [3.05, 3.63) is 45.3 Å². The molecular formula is C19H15ClN4O5S4. The summed E-state index contributed by atoms with van der Waals surface area (Å²) in [6.45, 7) is 1.08. The minimum Gasteiger partial charge on any atom is -0.480 e. The monoisotopic (exact) mass is 542 g/mol. The van der Waals surface area contributed by atoms with Gasteiger partial charge in [0.2, 0.25) is 0 Å². The number of carbonyl (C=O) groups excluding carboxylic acids is 2. The van der Waals surface area contributed by atoms with Crippen LogP contribution < -0.4 is 10.6 Å². The molecule has 0 spiro atoms. The molecule has 1 fully saturated rings. The summed E-state index contributed by atoms with van der Waals surface area (Å²) in [6, 6.07) is 6.92. The number of carboxylic acid groups (broad SMARTS) is 1. The van der Waals surface area contributed by atoms with Gasteiger partial charge in [0.25, 0.3) is 5.91 Å². The van der Waals surface area contributed by atoms with Gasteiger partial charge in [-0.05, 0) is 43.4 Å². The molecule has 1 aliphatic heterocycles. The smallest absolute Gasteiger partial charge is 0.341 e. The van der Waals surface area contributed by atoms with Crippen molar-refractivity contribution in [2.24, 2.45) is 0 Å². The molecule has 1 amide bonds. The van der Waals surface area contributed by atoms with E-state index in [0.717, 1.165) is 28.0 Å². The quantitative estimate of drug-likeness (QED) is 0.269. The summed E-state index contributed by atoms with van der Waals surface area (Å²) in [5.74, 6) is -2.70. The van der Waals surface area contributed by atoms with Gasteiger partial charge in [-0.1, -0.05) is 35.6 Å². The van der Waals surface area contributed by atoms with Gasteiger partial charge in [-0.25, -0.2) is 9.78 Å². The molecule has 0 radical (unpaired) electrons. The van der Waals surface area contributed by atoms with Gasteiger partial charge in [0, 0.05) is 16.1 Å². The molecule has 3 N–H and O–H groups in total. The summed E-state index contributed by atoms with van der Waals surface area (Å²) < 4.78 is 5.13. The number of thiocarbonyl (C=S) groups is 2. The average molecular weight is 543 g/mol. The lowest BCUT2D eigenvalue weighted by Crippen LogP contribution is -2.33. The van der Waals surface area contributed by atoms with Gasteiger partial charge in [0.1, 0.15) is 16.4 Å². The van der Waals surface area contributed by atoms with Gasteiger partial charge in [-0.2, -0.15) is 0 Å². The highest BCUT2D eigenvalue weighted by Gasteiger charge is 2.38. The second-order valence-corrected chi connectivity index (χ2v) is 9.55. The summed E-state index contributed by atoms with van der Waals surface area (Å²) in [7, 11) is 0. The molecule has 1 aromatic carbocycles. The van der Waals surface area contributed by atoms with Crippen molar-refractivity contribution in [3.8, 4) is 0 Å². The number of aromatic nitrogens is 1. The maximum Gasteiger partial charge on any atom is 0.341 e. The van der Waals surface area contributed by atoms with Gasteiger partial charge < -0.3 is 20.5 Å². The molecular weight excluding hydrogens is 528 g/mol. The number of nitrogens with one attached hydrogen (secondary N) is 2. The van der Waals surface area contributed by atoms with E-state index in [4.69, 9.17) is 45.9 Å². The maximum atomic E-state index is 12.8. The Kier molecular flexibility index (Phi) is 8.37. The lowest BCUT2D eigenvalue weighted by Gasteiger charge is -2.11. The predicted octanol–water partition coefficient (Wildman–Crippen LogP) is 3.82. The first-order valence-electron chi connectivity index (χ1n) is 9.16. The molecule has 0 unspecified atom stereocenters. The zero-order valence-electron chi connectivity index (χ0n) is 16.8. The van der Waals surface area contributed by atoms with Crippen LogP contribution in [0.5, 0.6) is 0 Å². The van der Waals surface area contributed by atoms with E-state index in [-0.39, 0.29) is 32.2 Å². The number of carbonyl (C=O) groups is 3. The van der Waals surface area contributed by atoms with E-state index in [1.165, 1.54) is 0 Å². The fourth-order valence-corrected chi connectivity index (χ4v) is 5.00. The van der Waals surface area contributed by atoms with Crippen LogP contribution in [0.15, 0.2) is 34.6 Å². The molecule has 2 heterocycles. The Morgan fingerprint density at radius 2 is 1.97 bits per heavy atom. The molecule has 0 saturated carbocycles. The van der Waals surface area contributed by atoms with E-state index in [1.807, 2.05) is 0 Å². The number of halogens is 1. The van der Waals surface area contributed by atoms with Gasteiger partial charge >= 0.3 is 11.9 Å². The third-order valence-electron chi connectivity index (χ3n) is 3.93. The fourth-order valence-electron chi connectivity index (χ4n) is 2.58. The average Bonchev–Trinajstić information content (AvgIpc) is 3.30. The Morgan fingerprint density at radius 1 is 1.27 bits per heavy atom. The van der Waals surface area contributed by atoms with Crippen LogP contribution in [0, 0.1) is 0 Å². The van der Waals surface area contributed by atoms with Crippen LogP contribution in [0.3, 0.4) is 0 Å². The summed E-state index contributed by atoms with van der Waals surface area (Å²) in [5, 5.41) is 17.7. The van der Waals surface area contributed by atoms with Crippen molar-refractivity contribution < 1.29 is 24.2 Å². The van der Waals surface area contributed by atoms with E-state index in [2.05, 4.69) is 15.6 Å².